The lowest BCUT2D eigenvalue weighted by Gasteiger charge is -2.26. The fourth-order valence-corrected chi connectivity index (χ4v) is 3.75. The third-order valence-electron chi connectivity index (χ3n) is 3.39. The predicted molar refractivity (Wildman–Crippen MR) is 70.4 cm³/mol. The van der Waals surface area contributed by atoms with Crippen LogP contribution in [-0.2, 0) is 17.8 Å². The summed E-state index contributed by atoms with van der Waals surface area (Å²) in [6.07, 6.45) is 4.13. The molecule has 0 saturated carbocycles. The Balaban J connectivity index is 1.95. The third-order valence-corrected chi connectivity index (χ3v) is 4.77. The van der Waals surface area contributed by atoms with Gasteiger partial charge in [0.2, 0.25) is 0 Å². The Morgan fingerprint density at radius 1 is 1.53 bits per heavy atom. The average Bonchev–Trinajstić information content (AvgIpc) is 2.61. The van der Waals surface area contributed by atoms with E-state index in [0.717, 1.165) is 30.0 Å². The Kier molecular flexibility index (Phi) is 3.99. The van der Waals surface area contributed by atoms with E-state index >= 15 is 0 Å². The fraction of sp³-hybridized carbons (Fsp3) is 0.750. The van der Waals surface area contributed by atoms with Gasteiger partial charge in [-0.2, -0.15) is 5.10 Å². The van der Waals surface area contributed by atoms with Crippen LogP contribution >= 0.6 is 0 Å². The van der Waals surface area contributed by atoms with Crippen LogP contribution < -0.4 is 5.32 Å². The molecule has 1 fully saturated rings. The molecular formula is C12H21N3OS. The van der Waals surface area contributed by atoms with Crippen LogP contribution in [0.2, 0.25) is 0 Å². The molecule has 0 radical (unpaired) electrons. The monoisotopic (exact) mass is 255 g/mol. The molecule has 1 N–H and O–H groups in total. The van der Waals surface area contributed by atoms with Gasteiger partial charge in [0.15, 0.2) is 0 Å². The SMILES string of the molecule is Cc1nn(C)cc1C(C)NC1CCS(=O)CC1. The summed E-state index contributed by atoms with van der Waals surface area (Å²) < 4.78 is 13.2. The van der Waals surface area contributed by atoms with E-state index in [4.69, 9.17) is 0 Å². The van der Waals surface area contributed by atoms with Crippen molar-refractivity contribution in [3.05, 3.63) is 17.5 Å². The number of hydrogen-bond acceptors (Lipinski definition) is 3. The predicted octanol–water partition coefficient (Wildman–Crippen LogP) is 1.29. The molecule has 0 aliphatic carbocycles. The van der Waals surface area contributed by atoms with Gasteiger partial charge in [0.05, 0.1) is 5.69 Å². The maximum atomic E-state index is 11.3. The molecule has 0 aromatic carbocycles. The summed E-state index contributed by atoms with van der Waals surface area (Å²) in [5.41, 5.74) is 2.35. The number of nitrogens with one attached hydrogen (secondary N) is 1. The molecule has 17 heavy (non-hydrogen) atoms. The van der Waals surface area contributed by atoms with Crippen LogP contribution in [-0.4, -0.2) is 31.5 Å². The lowest BCUT2D eigenvalue weighted by atomic mass is 10.1. The van der Waals surface area contributed by atoms with Gasteiger partial charge >= 0.3 is 0 Å². The Hall–Kier alpha value is -0.680. The van der Waals surface area contributed by atoms with Gasteiger partial charge in [-0.25, -0.2) is 0 Å². The van der Waals surface area contributed by atoms with Crippen LogP contribution in [0.25, 0.3) is 0 Å². The summed E-state index contributed by atoms with van der Waals surface area (Å²) in [6.45, 7) is 4.22. The maximum absolute atomic E-state index is 11.3. The second-order valence-corrected chi connectivity index (χ2v) is 6.55. The summed E-state index contributed by atoms with van der Waals surface area (Å²) in [5, 5.41) is 7.99. The first-order chi connectivity index (χ1) is 8.06. The molecular weight excluding hydrogens is 234 g/mol. The number of rotatable bonds is 3. The van der Waals surface area contributed by atoms with Crippen molar-refractivity contribution in [1.82, 2.24) is 15.1 Å². The van der Waals surface area contributed by atoms with Gasteiger partial charge in [0.25, 0.3) is 0 Å². The molecule has 4 nitrogen and oxygen atoms in total. The Morgan fingerprint density at radius 2 is 2.18 bits per heavy atom. The van der Waals surface area contributed by atoms with Crippen molar-refractivity contribution in [2.45, 2.75) is 38.8 Å². The van der Waals surface area contributed by atoms with Gasteiger partial charge in [0.1, 0.15) is 0 Å². The van der Waals surface area contributed by atoms with Gasteiger partial charge in [-0.1, -0.05) is 0 Å². The zero-order chi connectivity index (χ0) is 12.4. The molecule has 2 heterocycles. The summed E-state index contributed by atoms with van der Waals surface area (Å²) in [7, 11) is 1.37. The highest BCUT2D eigenvalue weighted by Gasteiger charge is 2.21. The smallest absolute Gasteiger partial charge is 0.0641 e. The number of nitrogens with zero attached hydrogens (tertiary/aromatic N) is 2. The molecule has 1 unspecified atom stereocenters. The maximum Gasteiger partial charge on any atom is 0.0641 e. The first-order valence-electron chi connectivity index (χ1n) is 6.17. The largest absolute Gasteiger partial charge is 0.307 e. The first-order valence-corrected chi connectivity index (χ1v) is 7.66. The quantitative estimate of drug-likeness (QED) is 0.885. The average molecular weight is 255 g/mol. The molecule has 1 aromatic heterocycles. The van der Waals surface area contributed by atoms with Crippen LogP contribution in [0.3, 0.4) is 0 Å². The van der Waals surface area contributed by atoms with Gasteiger partial charge < -0.3 is 5.32 Å². The normalized spacial score (nSPS) is 27.0. The summed E-state index contributed by atoms with van der Waals surface area (Å²) in [6, 6.07) is 0.822. The van der Waals surface area contributed by atoms with Gasteiger partial charge in [-0.3, -0.25) is 8.89 Å². The van der Waals surface area contributed by atoms with E-state index in [1.807, 2.05) is 18.7 Å². The zero-order valence-corrected chi connectivity index (χ0v) is 11.6. The van der Waals surface area contributed by atoms with Crippen molar-refractivity contribution < 1.29 is 4.21 Å². The van der Waals surface area contributed by atoms with Crippen LogP contribution in [0.1, 0.15) is 37.1 Å². The topological polar surface area (TPSA) is 46.9 Å². The molecule has 1 aliphatic rings. The van der Waals surface area contributed by atoms with Crippen LogP contribution in [0.15, 0.2) is 6.20 Å². The highest BCUT2D eigenvalue weighted by molar-refractivity contribution is 7.85. The number of aryl methyl sites for hydroxylation is 2. The Bertz CT molecular complexity index is 406. The van der Waals surface area contributed by atoms with Gasteiger partial charge in [0, 0.05) is 53.2 Å². The van der Waals surface area contributed by atoms with E-state index in [9.17, 15) is 4.21 Å². The summed E-state index contributed by atoms with van der Waals surface area (Å²) >= 11 is 0. The zero-order valence-electron chi connectivity index (χ0n) is 10.8. The minimum absolute atomic E-state index is 0.320. The summed E-state index contributed by atoms with van der Waals surface area (Å²) in [5.74, 6) is 1.69. The molecule has 1 aliphatic heterocycles. The minimum atomic E-state index is -0.577. The molecule has 1 saturated heterocycles. The van der Waals surface area contributed by atoms with Crippen molar-refractivity contribution in [3.8, 4) is 0 Å². The molecule has 0 spiro atoms. The number of aromatic nitrogens is 2. The van der Waals surface area contributed by atoms with Crippen molar-refractivity contribution in [1.29, 1.82) is 0 Å². The fourth-order valence-electron chi connectivity index (χ4n) is 2.45. The lowest BCUT2D eigenvalue weighted by molar-refractivity contribution is 0.426. The standard InChI is InChI=1S/C12H21N3OS/c1-9(12-8-15(3)14-10(12)2)13-11-4-6-17(16)7-5-11/h8-9,11,13H,4-7H2,1-3H3. The minimum Gasteiger partial charge on any atom is -0.307 e. The van der Waals surface area contributed by atoms with E-state index in [0.29, 0.717) is 12.1 Å². The highest BCUT2D eigenvalue weighted by Crippen LogP contribution is 2.19. The number of hydrogen-bond donors (Lipinski definition) is 1. The van der Waals surface area contributed by atoms with Crippen molar-refractivity contribution >= 4 is 10.8 Å². The van der Waals surface area contributed by atoms with Crippen molar-refractivity contribution in [3.63, 3.8) is 0 Å². The second-order valence-electron chi connectivity index (χ2n) is 4.85. The Labute approximate surface area is 105 Å². The molecule has 1 aromatic rings. The van der Waals surface area contributed by atoms with E-state index in [2.05, 4.69) is 23.5 Å². The third kappa shape index (κ3) is 3.16. The highest BCUT2D eigenvalue weighted by atomic mass is 32.2. The second kappa shape index (κ2) is 5.31. The van der Waals surface area contributed by atoms with Gasteiger partial charge in [-0.15, -0.1) is 0 Å². The van der Waals surface area contributed by atoms with Crippen LogP contribution in [0, 0.1) is 6.92 Å². The van der Waals surface area contributed by atoms with E-state index in [1.54, 1.807) is 0 Å². The Morgan fingerprint density at radius 3 is 2.71 bits per heavy atom. The van der Waals surface area contributed by atoms with Gasteiger partial charge in [-0.05, 0) is 26.7 Å². The lowest BCUT2D eigenvalue weighted by Crippen LogP contribution is -2.37. The molecule has 2 rings (SSSR count). The first kappa shape index (κ1) is 12.8. The summed E-state index contributed by atoms with van der Waals surface area (Å²) in [4.78, 5) is 0. The molecule has 0 bridgehead atoms. The van der Waals surface area contributed by atoms with Crippen LogP contribution in [0.5, 0.6) is 0 Å². The van der Waals surface area contributed by atoms with E-state index in [1.165, 1.54) is 5.56 Å². The molecule has 96 valence electrons. The van der Waals surface area contributed by atoms with Crippen molar-refractivity contribution in [2.24, 2.45) is 7.05 Å². The van der Waals surface area contributed by atoms with E-state index in [-0.39, 0.29) is 0 Å². The van der Waals surface area contributed by atoms with Crippen molar-refractivity contribution in [2.75, 3.05) is 11.5 Å². The molecule has 1 atom stereocenters. The van der Waals surface area contributed by atoms with Crippen LogP contribution in [0.4, 0.5) is 0 Å². The van der Waals surface area contributed by atoms with E-state index < -0.39 is 10.8 Å². The molecule has 0 amide bonds. The molecule has 5 heteroatoms.